The molecule has 2 aliphatic heterocycles. The van der Waals surface area contributed by atoms with Crippen molar-refractivity contribution in [2.75, 3.05) is 17.3 Å². The van der Waals surface area contributed by atoms with Gasteiger partial charge in [0, 0.05) is 23.2 Å². The first kappa shape index (κ1) is 21.2. The summed E-state index contributed by atoms with van der Waals surface area (Å²) in [5.41, 5.74) is 1.57. The monoisotopic (exact) mass is 463 g/mol. The predicted molar refractivity (Wildman–Crippen MR) is 126 cm³/mol. The van der Waals surface area contributed by atoms with E-state index in [2.05, 4.69) is 10.6 Å². The van der Waals surface area contributed by atoms with Crippen molar-refractivity contribution in [3.8, 4) is 11.5 Å². The number of carbonyl (C=O) groups is 2. The Morgan fingerprint density at radius 3 is 2.79 bits per heavy atom. The van der Waals surface area contributed by atoms with Gasteiger partial charge in [0.2, 0.25) is 0 Å². The summed E-state index contributed by atoms with van der Waals surface area (Å²) in [6.07, 6.45) is 0.580. The van der Waals surface area contributed by atoms with Crippen LogP contribution in [0.2, 0.25) is 5.02 Å². The first-order valence-electron chi connectivity index (χ1n) is 10.5. The van der Waals surface area contributed by atoms with E-state index in [1.165, 1.54) is 7.11 Å². The van der Waals surface area contributed by atoms with Crippen molar-refractivity contribution < 1.29 is 19.1 Å². The number of hydrogen-bond acceptors (Lipinski definition) is 4. The number of nitrogens with zero attached hydrogens (tertiary/aromatic N) is 1. The molecule has 7 nitrogen and oxygen atoms in total. The lowest BCUT2D eigenvalue weighted by Gasteiger charge is -2.50. The van der Waals surface area contributed by atoms with Gasteiger partial charge in [0.15, 0.2) is 5.72 Å². The Morgan fingerprint density at radius 1 is 1.18 bits per heavy atom. The van der Waals surface area contributed by atoms with E-state index in [0.29, 0.717) is 34.1 Å². The highest BCUT2D eigenvalue weighted by atomic mass is 35.5. The van der Waals surface area contributed by atoms with Crippen LogP contribution in [0.3, 0.4) is 0 Å². The van der Waals surface area contributed by atoms with E-state index >= 15 is 0 Å². The molecule has 1 saturated heterocycles. The first-order chi connectivity index (χ1) is 15.9. The number of amides is 3. The summed E-state index contributed by atoms with van der Waals surface area (Å²) in [7, 11) is 1.53. The topological polar surface area (TPSA) is 79.9 Å². The Balaban J connectivity index is 1.42. The molecule has 0 radical (unpaired) electrons. The molecule has 33 heavy (non-hydrogen) atoms. The summed E-state index contributed by atoms with van der Waals surface area (Å²) >= 11 is 6.16. The van der Waals surface area contributed by atoms with Crippen LogP contribution in [-0.2, 0) is 0 Å². The number of para-hydroxylation sites is 1. The highest BCUT2D eigenvalue weighted by Gasteiger charge is 2.49. The lowest BCUT2D eigenvalue weighted by Crippen LogP contribution is -2.65. The van der Waals surface area contributed by atoms with Crippen LogP contribution in [0.4, 0.5) is 16.2 Å². The SMILES string of the molecule is COc1ccc(NC(=O)c2cccc(N3C(=O)N[C@H]4C[C@@]3(C)Oc3ccccc34)c2)cc1Cl. The summed E-state index contributed by atoms with van der Waals surface area (Å²) in [6.45, 7) is 1.89. The van der Waals surface area contributed by atoms with Crippen molar-refractivity contribution in [1.29, 1.82) is 0 Å². The van der Waals surface area contributed by atoms with Crippen LogP contribution in [-0.4, -0.2) is 24.8 Å². The van der Waals surface area contributed by atoms with Gasteiger partial charge in [-0.2, -0.15) is 0 Å². The zero-order valence-corrected chi connectivity index (χ0v) is 18.8. The zero-order chi connectivity index (χ0) is 23.2. The average molecular weight is 464 g/mol. The molecule has 0 aliphatic carbocycles. The normalized spacial score (nSPS) is 20.9. The number of hydrogen-bond donors (Lipinski definition) is 2. The molecule has 2 N–H and O–H groups in total. The Morgan fingerprint density at radius 2 is 2.00 bits per heavy atom. The summed E-state index contributed by atoms with van der Waals surface area (Å²) in [4.78, 5) is 27.6. The molecule has 3 amide bonds. The Hall–Kier alpha value is -3.71. The van der Waals surface area contributed by atoms with Crippen molar-refractivity contribution >= 4 is 34.9 Å². The molecular formula is C25H22ClN3O4. The molecule has 2 atom stereocenters. The zero-order valence-electron chi connectivity index (χ0n) is 18.1. The molecule has 168 valence electrons. The number of rotatable bonds is 4. The highest BCUT2D eigenvalue weighted by Crippen LogP contribution is 2.45. The summed E-state index contributed by atoms with van der Waals surface area (Å²) in [5, 5.41) is 6.29. The van der Waals surface area contributed by atoms with Gasteiger partial charge in [-0.3, -0.25) is 9.69 Å². The maximum atomic E-state index is 13.1. The molecule has 0 saturated carbocycles. The second kappa shape index (κ2) is 8.01. The van der Waals surface area contributed by atoms with Gasteiger partial charge in [-0.1, -0.05) is 35.9 Å². The van der Waals surface area contributed by atoms with Crippen molar-refractivity contribution in [3.63, 3.8) is 0 Å². The van der Waals surface area contributed by atoms with Gasteiger partial charge in [-0.15, -0.1) is 0 Å². The largest absolute Gasteiger partial charge is 0.495 e. The highest BCUT2D eigenvalue weighted by molar-refractivity contribution is 6.32. The lowest BCUT2D eigenvalue weighted by molar-refractivity contribution is 0.0378. The number of fused-ring (bicyclic) bond motifs is 4. The molecule has 2 bridgehead atoms. The van der Waals surface area contributed by atoms with E-state index in [1.807, 2.05) is 31.2 Å². The van der Waals surface area contributed by atoms with Crippen LogP contribution >= 0.6 is 11.6 Å². The Bertz CT molecular complexity index is 1260. The van der Waals surface area contributed by atoms with Crippen molar-refractivity contribution in [2.45, 2.75) is 25.1 Å². The Kier molecular flexibility index (Phi) is 5.13. The molecule has 2 aliphatic rings. The molecule has 0 aromatic heterocycles. The van der Waals surface area contributed by atoms with Crippen molar-refractivity contribution in [1.82, 2.24) is 5.32 Å². The molecule has 0 unspecified atom stereocenters. The molecule has 2 heterocycles. The summed E-state index contributed by atoms with van der Waals surface area (Å²) in [6, 6.07) is 19.2. The minimum atomic E-state index is -0.889. The van der Waals surface area contributed by atoms with E-state index in [9.17, 15) is 9.59 Å². The van der Waals surface area contributed by atoms with Gasteiger partial charge in [0.25, 0.3) is 5.91 Å². The van der Waals surface area contributed by atoms with Crippen molar-refractivity contribution in [2.24, 2.45) is 0 Å². The third-order valence-corrected chi connectivity index (χ3v) is 6.25. The van der Waals surface area contributed by atoms with Crippen LogP contribution < -0.4 is 25.0 Å². The number of nitrogens with one attached hydrogen (secondary N) is 2. The van der Waals surface area contributed by atoms with Gasteiger partial charge >= 0.3 is 6.03 Å². The number of halogens is 1. The number of ether oxygens (including phenoxy) is 2. The van der Waals surface area contributed by atoms with E-state index in [0.717, 1.165) is 11.3 Å². The molecular weight excluding hydrogens is 442 g/mol. The average Bonchev–Trinajstić information content (AvgIpc) is 2.79. The fraction of sp³-hybridized carbons (Fsp3) is 0.200. The minimum absolute atomic E-state index is 0.130. The quantitative estimate of drug-likeness (QED) is 0.545. The number of urea groups is 1. The van der Waals surface area contributed by atoms with Crippen LogP contribution in [0.25, 0.3) is 0 Å². The maximum Gasteiger partial charge on any atom is 0.325 e. The minimum Gasteiger partial charge on any atom is -0.495 e. The first-order valence-corrected chi connectivity index (χ1v) is 10.9. The third-order valence-electron chi connectivity index (χ3n) is 5.96. The number of methoxy groups -OCH3 is 1. The summed E-state index contributed by atoms with van der Waals surface area (Å²) in [5.74, 6) is 0.938. The van der Waals surface area contributed by atoms with Gasteiger partial charge in [0.05, 0.1) is 23.9 Å². The number of benzene rings is 3. The van der Waals surface area contributed by atoms with Crippen LogP contribution in [0, 0.1) is 0 Å². The van der Waals surface area contributed by atoms with Crippen molar-refractivity contribution in [3.05, 3.63) is 82.9 Å². The van der Waals surface area contributed by atoms with E-state index in [-0.39, 0.29) is 18.0 Å². The maximum absolute atomic E-state index is 13.1. The van der Waals surface area contributed by atoms with E-state index in [1.54, 1.807) is 47.4 Å². The Labute approximate surface area is 196 Å². The standard InChI is InChI=1S/C25H22ClN3O4/c1-25-14-20(18-8-3-4-9-21(18)33-25)28-24(31)29(25)17-7-5-6-15(12-17)23(30)27-16-10-11-22(32-2)19(26)13-16/h3-13,20H,14H2,1-2H3,(H,27,30)(H,28,31)/t20-,25+/m0/s1. The van der Waals surface area contributed by atoms with Crippen LogP contribution in [0.5, 0.6) is 11.5 Å². The fourth-order valence-corrected chi connectivity index (χ4v) is 4.70. The number of carbonyl (C=O) groups excluding carboxylic acids is 2. The molecule has 3 aromatic rings. The molecule has 0 spiro atoms. The third kappa shape index (κ3) is 3.74. The molecule has 8 heteroatoms. The molecule has 1 fully saturated rings. The molecule has 3 aromatic carbocycles. The number of anilines is 2. The van der Waals surface area contributed by atoms with Gasteiger partial charge in [-0.05, 0) is 49.4 Å². The van der Waals surface area contributed by atoms with Crippen LogP contribution in [0.15, 0.2) is 66.7 Å². The predicted octanol–water partition coefficient (Wildman–Crippen LogP) is 5.37. The second-order valence-corrected chi connectivity index (χ2v) is 8.62. The molecule has 5 rings (SSSR count). The van der Waals surface area contributed by atoms with Gasteiger partial charge < -0.3 is 20.1 Å². The fourth-order valence-electron chi connectivity index (χ4n) is 4.45. The summed E-state index contributed by atoms with van der Waals surface area (Å²) < 4.78 is 11.4. The van der Waals surface area contributed by atoms with Crippen LogP contribution in [0.1, 0.15) is 35.3 Å². The second-order valence-electron chi connectivity index (χ2n) is 8.21. The van der Waals surface area contributed by atoms with E-state index < -0.39 is 5.72 Å². The van der Waals surface area contributed by atoms with Gasteiger partial charge in [-0.25, -0.2) is 4.79 Å². The smallest absolute Gasteiger partial charge is 0.325 e. The van der Waals surface area contributed by atoms with Gasteiger partial charge in [0.1, 0.15) is 11.5 Å². The lowest BCUT2D eigenvalue weighted by atomic mass is 9.90. The van der Waals surface area contributed by atoms with E-state index in [4.69, 9.17) is 21.1 Å².